The van der Waals surface area contributed by atoms with Gasteiger partial charge in [-0.25, -0.2) is 13.4 Å². The molecule has 8 nitrogen and oxygen atoms in total. The molecule has 154 valence electrons. The van der Waals surface area contributed by atoms with Gasteiger partial charge in [-0.1, -0.05) is 12.1 Å². The second kappa shape index (κ2) is 8.34. The molecule has 0 fully saturated rings. The van der Waals surface area contributed by atoms with E-state index in [1.807, 2.05) is 31.0 Å². The van der Waals surface area contributed by atoms with Crippen LogP contribution >= 0.6 is 11.3 Å². The molecule has 3 rings (SSSR count). The molecule has 0 aliphatic rings. The summed E-state index contributed by atoms with van der Waals surface area (Å²) in [6.45, 7) is 3.95. The van der Waals surface area contributed by atoms with Gasteiger partial charge in [0, 0.05) is 35.8 Å². The number of hydrogen-bond donors (Lipinski definition) is 2. The van der Waals surface area contributed by atoms with E-state index in [9.17, 15) is 13.2 Å². The summed E-state index contributed by atoms with van der Waals surface area (Å²) >= 11 is 1.35. The minimum absolute atomic E-state index is 0.0961. The van der Waals surface area contributed by atoms with E-state index in [1.165, 1.54) is 11.3 Å². The highest BCUT2D eigenvalue weighted by Crippen LogP contribution is 2.26. The van der Waals surface area contributed by atoms with E-state index in [4.69, 9.17) is 0 Å². The Morgan fingerprint density at radius 2 is 1.90 bits per heavy atom. The Morgan fingerprint density at radius 1 is 1.21 bits per heavy atom. The van der Waals surface area contributed by atoms with Crippen LogP contribution in [0.5, 0.6) is 0 Å². The van der Waals surface area contributed by atoms with Gasteiger partial charge in [0.1, 0.15) is 0 Å². The lowest BCUT2D eigenvalue weighted by molar-refractivity contribution is -0.116. The first kappa shape index (κ1) is 21.0. The average molecular weight is 434 g/mol. The molecular formula is C19H23N5O3S2. The second-order valence-electron chi connectivity index (χ2n) is 6.81. The summed E-state index contributed by atoms with van der Waals surface area (Å²) in [6.07, 6.45) is 2.09. The number of hydrogen-bond acceptors (Lipinski definition) is 6. The van der Waals surface area contributed by atoms with Gasteiger partial charge in [-0.05, 0) is 38.0 Å². The van der Waals surface area contributed by atoms with E-state index in [1.54, 1.807) is 24.3 Å². The molecule has 0 aliphatic carbocycles. The zero-order valence-electron chi connectivity index (χ0n) is 16.7. The molecule has 0 atom stereocenters. The number of sulfonamides is 1. The number of aromatic nitrogens is 3. The Kier molecular flexibility index (Phi) is 6.04. The van der Waals surface area contributed by atoms with Gasteiger partial charge in [-0.3, -0.25) is 14.2 Å². The van der Waals surface area contributed by atoms with E-state index >= 15 is 0 Å². The molecule has 2 N–H and O–H groups in total. The summed E-state index contributed by atoms with van der Waals surface area (Å²) in [5.41, 5.74) is 5.16. The number of amides is 1. The van der Waals surface area contributed by atoms with Crippen molar-refractivity contribution in [3.63, 3.8) is 0 Å². The molecule has 0 aliphatic heterocycles. The summed E-state index contributed by atoms with van der Waals surface area (Å²) in [5.74, 6) is -0.0961. The molecule has 0 spiro atoms. The highest BCUT2D eigenvalue weighted by atomic mass is 32.2. The Balaban J connectivity index is 1.60. The van der Waals surface area contributed by atoms with Crippen molar-refractivity contribution in [3.8, 4) is 11.3 Å². The first-order valence-electron chi connectivity index (χ1n) is 8.95. The number of thiazole rings is 1. The van der Waals surface area contributed by atoms with Crippen LogP contribution < -0.4 is 10.0 Å². The van der Waals surface area contributed by atoms with Crippen molar-refractivity contribution in [1.29, 1.82) is 0 Å². The van der Waals surface area contributed by atoms with Gasteiger partial charge in [0.2, 0.25) is 15.9 Å². The van der Waals surface area contributed by atoms with Crippen molar-refractivity contribution >= 4 is 38.1 Å². The van der Waals surface area contributed by atoms with Gasteiger partial charge in [-0.15, -0.1) is 11.3 Å². The van der Waals surface area contributed by atoms with Crippen molar-refractivity contribution in [1.82, 2.24) is 14.8 Å². The maximum Gasteiger partial charge on any atom is 0.229 e. The van der Waals surface area contributed by atoms with Crippen LogP contribution in [0.2, 0.25) is 0 Å². The van der Waals surface area contributed by atoms with Gasteiger partial charge >= 0.3 is 0 Å². The number of anilines is 2. The quantitative estimate of drug-likeness (QED) is 0.596. The number of aryl methyl sites for hydroxylation is 2. The van der Waals surface area contributed by atoms with Crippen molar-refractivity contribution in [2.45, 2.75) is 26.7 Å². The molecule has 3 aromatic rings. The van der Waals surface area contributed by atoms with Gasteiger partial charge in [-0.2, -0.15) is 5.10 Å². The van der Waals surface area contributed by atoms with Crippen molar-refractivity contribution in [3.05, 3.63) is 46.6 Å². The SMILES string of the molecule is Cc1nn(C)c(C)c1CCC(=O)Nc1nc(-c2ccc(NS(C)(=O)=O)cc2)cs1. The minimum Gasteiger partial charge on any atom is -0.302 e. The monoisotopic (exact) mass is 433 g/mol. The van der Waals surface area contributed by atoms with Crippen LogP contribution in [0.4, 0.5) is 10.8 Å². The van der Waals surface area contributed by atoms with E-state index in [0.29, 0.717) is 23.7 Å². The fourth-order valence-electron chi connectivity index (χ4n) is 2.99. The number of nitrogens with one attached hydrogen (secondary N) is 2. The lowest BCUT2D eigenvalue weighted by Crippen LogP contribution is -2.12. The lowest BCUT2D eigenvalue weighted by Gasteiger charge is -2.04. The van der Waals surface area contributed by atoms with E-state index in [2.05, 4.69) is 20.1 Å². The first-order valence-corrected chi connectivity index (χ1v) is 11.7. The Morgan fingerprint density at radius 3 is 2.48 bits per heavy atom. The molecule has 0 unspecified atom stereocenters. The van der Waals surface area contributed by atoms with E-state index < -0.39 is 10.0 Å². The number of nitrogens with zero attached hydrogens (tertiary/aromatic N) is 3. The predicted molar refractivity (Wildman–Crippen MR) is 116 cm³/mol. The van der Waals surface area contributed by atoms with E-state index in [-0.39, 0.29) is 5.91 Å². The van der Waals surface area contributed by atoms with Crippen molar-refractivity contribution in [2.75, 3.05) is 16.3 Å². The molecule has 0 radical (unpaired) electrons. The highest BCUT2D eigenvalue weighted by Gasteiger charge is 2.13. The molecule has 1 amide bonds. The highest BCUT2D eigenvalue weighted by molar-refractivity contribution is 7.92. The fraction of sp³-hybridized carbons (Fsp3) is 0.316. The van der Waals surface area contributed by atoms with Gasteiger partial charge in [0.15, 0.2) is 5.13 Å². The van der Waals surface area contributed by atoms with Crippen LogP contribution in [0.3, 0.4) is 0 Å². The van der Waals surface area contributed by atoms with Crippen LogP contribution in [0.15, 0.2) is 29.6 Å². The summed E-state index contributed by atoms with van der Waals surface area (Å²) in [5, 5.41) is 9.59. The Hall–Kier alpha value is -2.72. The molecule has 2 heterocycles. The fourth-order valence-corrected chi connectivity index (χ4v) is 4.29. The number of carbonyl (C=O) groups is 1. The van der Waals surface area contributed by atoms with Crippen LogP contribution in [0, 0.1) is 13.8 Å². The van der Waals surface area contributed by atoms with Crippen LogP contribution in [0.1, 0.15) is 23.4 Å². The largest absolute Gasteiger partial charge is 0.302 e. The van der Waals surface area contributed by atoms with Crippen molar-refractivity contribution in [2.24, 2.45) is 7.05 Å². The van der Waals surface area contributed by atoms with Crippen LogP contribution in [0.25, 0.3) is 11.3 Å². The summed E-state index contributed by atoms with van der Waals surface area (Å²) in [7, 11) is -1.41. The molecule has 1 aromatic carbocycles. The topological polar surface area (TPSA) is 106 Å². The zero-order valence-corrected chi connectivity index (χ0v) is 18.3. The molecular weight excluding hydrogens is 410 g/mol. The summed E-state index contributed by atoms with van der Waals surface area (Å²) in [4.78, 5) is 16.8. The number of benzene rings is 1. The maximum atomic E-state index is 12.3. The van der Waals surface area contributed by atoms with E-state index in [0.717, 1.165) is 34.5 Å². The lowest BCUT2D eigenvalue weighted by atomic mass is 10.1. The van der Waals surface area contributed by atoms with Crippen LogP contribution in [-0.4, -0.2) is 35.3 Å². The third-order valence-corrected chi connectivity index (χ3v) is 5.86. The maximum absolute atomic E-state index is 12.3. The van der Waals surface area contributed by atoms with Gasteiger partial charge in [0.05, 0.1) is 17.6 Å². The Bertz CT molecular complexity index is 1130. The smallest absolute Gasteiger partial charge is 0.229 e. The van der Waals surface area contributed by atoms with Gasteiger partial charge < -0.3 is 5.32 Å². The van der Waals surface area contributed by atoms with Crippen LogP contribution in [-0.2, 0) is 28.3 Å². The number of carbonyl (C=O) groups excluding carboxylic acids is 1. The molecule has 29 heavy (non-hydrogen) atoms. The molecule has 0 saturated carbocycles. The van der Waals surface area contributed by atoms with Crippen molar-refractivity contribution < 1.29 is 13.2 Å². The first-order chi connectivity index (χ1) is 13.6. The molecule has 0 bridgehead atoms. The second-order valence-corrected chi connectivity index (χ2v) is 9.42. The number of rotatable bonds is 7. The normalized spacial score (nSPS) is 11.4. The summed E-state index contributed by atoms with van der Waals surface area (Å²) in [6, 6.07) is 6.91. The predicted octanol–water partition coefficient (Wildman–Crippen LogP) is 3.10. The Labute approximate surface area is 174 Å². The third kappa shape index (κ3) is 5.42. The molecule has 2 aromatic heterocycles. The molecule has 0 saturated heterocycles. The van der Waals surface area contributed by atoms with Gasteiger partial charge in [0.25, 0.3) is 0 Å². The standard InChI is InChI=1S/C19H23N5O3S2/c1-12-16(13(2)24(3)22-12)9-10-18(25)21-19-20-17(11-28-19)14-5-7-15(8-6-14)23-29(4,26)27/h5-8,11,23H,9-10H2,1-4H3,(H,20,21,25). The minimum atomic E-state index is -3.31. The zero-order chi connectivity index (χ0) is 21.2. The third-order valence-electron chi connectivity index (χ3n) is 4.50. The average Bonchev–Trinajstić information content (AvgIpc) is 3.18. The summed E-state index contributed by atoms with van der Waals surface area (Å²) < 4.78 is 26.8. The molecule has 10 heteroatoms.